The van der Waals surface area contributed by atoms with Gasteiger partial charge < -0.3 is 9.47 Å². The molecule has 0 saturated carbocycles. The molecule has 3 atom stereocenters. The largest absolute Gasteiger partial charge is 0.350 e. The summed E-state index contributed by atoms with van der Waals surface area (Å²) in [6, 6.07) is 0. The van der Waals surface area contributed by atoms with Crippen LogP contribution in [0.1, 0.15) is 13.3 Å². The molecule has 0 amide bonds. The normalized spacial score (nSPS) is 34.1. The summed E-state index contributed by atoms with van der Waals surface area (Å²) in [4.78, 5) is 0. The van der Waals surface area contributed by atoms with Crippen LogP contribution in [0.2, 0.25) is 0 Å². The van der Waals surface area contributed by atoms with Gasteiger partial charge in [0, 0.05) is 5.88 Å². The highest BCUT2D eigenvalue weighted by Crippen LogP contribution is 2.20. The van der Waals surface area contributed by atoms with Gasteiger partial charge in [0.15, 0.2) is 6.29 Å². The summed E-state index contributed by atoms with van der Waals surface area (Å²) in [6.45, 7) is 2.58. The van der Waals surface area contributed by atoms with Crippen LogP contribution in [-0.4, -0.2) is 30.3 Å². The lowest BCUT2D eigenvalue weighted by Crippen LogP contribution is -2.25. The molecular weight excluding hydrogens is 187 g/mol. The molecule has 0 aromatic rings. The van der Waals surface area contributed by atoms with Crippen molar-refractivity contribution < 1.29 is 9.47 Å². The van der Waals surface area contributed by atoms with E-state index in [0.29, 0.717) is 12.5 Å². The standard InChI is InChI=1S/C7H12Cl2O2/c1-2-7-10-4-6(11-7)5(9)3-8/h5-7H,2-4H2,1H3/t5-,6-,7+/m1/s1. The molecule has 0 N–H and O–H groups in total. The van der Waals surface area contributed by atoms with Crippen molar-refractivity contribution in [2.45, 2.75) is 31.1 Å². The van der Waals surface area contributed by atoms with Crippen molar-refractivity contribution in [2.75, 3.05) is 12.5 Å². The van der Waals surface area contributed by atoms with Gasteiger partial charge in [0.1, 0.15) is 6.10 Å². The van der Waals surface area contributed by atoms with Crippen LogP contribution < -0.4 is 0 Å². The van der Waals surface area contributed by atoms with E-state index in [1.807, 2.05) is 6.92 Å². The van der Waals surface area contributed by atoms with Gasteiger partial charge in [0.25, 0.3) is 0 Å². The van der Waals surface area contributed by atoms with Gasteiger partial charge in [-0.1, -0.05) is 6.92 Å². The highest BCUT2D eigenvalue weighted by Gasteiger charge is 2.29. The van der Waals surface area contributed by atoms with Crippen molar-refractivity contribution in [3.8, 4) is 0 Å². The van der Waals surface area contributed by atoms with E-state index < -0.39 is 0 Å². The number of ether oxygens (including phenoxy) is 2. The molecule has 0 radical (unpaired) electrons. The van der Waals surface area contributed by atoms with Crippen molar-refractivity contribution >= 4 is 23.2 Å². The van der Waals surface area contributed by atoms with Crippen molar-refractivity contribution in [2.24, 2.45) is 0 Å². The van der Waals surface area contributed by atoms with Crippen LogP contribution >= 0.6 is 23.2 Å². The van der Waals surface area contributed by atoms with Crippen molar-refractivity contribution in [3.05, 3.63) is 0 Å². The second-order valence-electron chi connectivity index (χ2n) is 2.52. The van der Waals surface area contributed by atoms with E-state index in [2.05, 4.69) is 0 Å². The smallest absolute Gasteiger partial charge is 0.158 e. The zero-order valence-electron chi connectivity index (χ0n) is 6.43. The molecule has 2 nitrogen and oxygen atoms in total. The molecule has 0 unspecified atom stereocenters. The summed E-state index contributed by atoms with van der Waals surface area (Å²) < 4.78 is 10.7. The minimum absolute atomic E-state index is 0.0286. The number of rotatable bonds is 3. The van der Waals surface area contributed by atoms with Gasteiger partial charge in [0.2, 0.25) is 0 Å². The summed E-state index contributed by atoms with van der Waals surface area (Å²) >= 11 is 11.4. The molecule has 1 aliphatic heterocycles. The second kappa shape index (κ2) is 4.51. The molecule has 0 aromatic heterocycles. The molecule has 0 spiro atoms. The third-order valence-electron chi connectivity index (χ3n) is 1.66. The van der Waals surface area contributed by atoms with Gasteiger partial charge in [-0.2, -0.15) is 0 Å². The van der Waals surface area contributed by atoms with Gasteiger partial charge in [-0.15, -0.1) is 23.2 Å². The first-order chi connectivity index (χ1) is 5.27. The summed E-state index contributed by atoms with van der Waals surface area (Å²) in [5, 5.41) is -0.131. The molecule has 1 fully saturated rings. The Balaban J connectivity index is 2.29. The first kappa shape index (κ1) is 9.59. The first-order valence-electron chi connectivity index (χ1n) is 3.75. The molecule has 0 aromatic carbocycles. The molecule has 11 heavy (non-hydrogen) atoms. The lowest BCUT2D eigenvalue weighted by atomic mass is 10.3. The lowest BCUT2D eigenvalue weighted by molar-refractivity contribution is -0.0582. The average Bonchev–Trinajstić information content (AvgIpc) is 2.50. The third-order valence-corrected chi connectivity index (χ3v) is 2.58. The number of hydrogen-bond acceptors (Lipinski definition) is 2. The van der Waals surface area contributed by atoms with Gasteiger partial charge >= 0.3 is 0 Å². The van der Waals surface area contributed by atoms with Crippen LogP contribution in [0, 0.1) is 0 Å². The monoisotopic (exact) mass is 198 g/mol. The third kappa shape index (κ3) is 2.48. The molecule has 4 heteroatoms. The van der Waals surface area contributed by atoms with E-state index in [1.165, 1.54) is 0 Å². The molecule has 0 aliphatic carbocycles. The lowest BCUT2D eigenvalue weighted by Gasteiger charge is -2.12. The molecule has 1 heterocycles. The van der Waals surface area contributed by atoms with Gasteiger partial charge in [-0.25, -0.2) is 0 Å². The van der Waals surface area contributed by atoms with Gasteiger partial charge in [-0.3, -0.25) is 0 Å². The van der Waals surface area contributed by atoms with Crippen molar-refractivity contribution in [1.82, 2.24) is 0 Å². The minimum atomic E-state index is -0.131. The Morgan fingerprint density at radius 1 is 1.64 bits per heavy atom. The van der Waals surface area contributed by atoms with Crippen LogP contribution in [0.5, 0.6) is 0 Å². The van der Waals surface area contributed by atoms with E-state index in [-0.39, 0.29) is 17.8 Å². The zero-order valence-corrected chi connectivity index (χ0v) is 7.94. The van der Waals surface area contributed by atoms with Crippen LogP contribution in [0.15, 0.2) is 0 Å². The van der Waals surface area contributed by atoms with E-state index in [9.17, 15) is 0 Å². The van der Waals surface area contributed by atoms with Gasteiger partial charge in [-0.05, 0) is 6.42 Å². The maximum Gasteiger partial charge on any atom is 0.158 e. The first-order valence-corrected chi connectivity index (χ1v) is 4.72. The molecule has 0 bridgehead atoms. The number of halogens is 2. The Kier molecular flexibility index (Phi) is 3.93. The minimum Gasteiger partial charge on any atom is -0.350 e. The van der Waals surface area contributed by atoms with E-state index >= 15 is 0 Å². The summed E-state index contributed by atoms with van der Waals surface area (Å²) in [5.74, 6) is 0.409. The predicted octanol–water partition coefficient (Wildman–Crippen LogP) is 1.98. The predicted molar refractivity (Wildman–Crippen MR) is 45.3 cm³/mol. The molecular formula is C7H12Cl2O2. The van der Waals surface area contributed by atoms with E-state index in [1.54, 1.807) is 0 Å². The Morgan fingerprint density at radius 3 is 2.82 bits per heavy atom. The zero-order chi connectivity index (χ0) is 8.27. The van der Waals surface area contributed by atoms with Crippen LogP contribution in [0.3, 0.4) is 0 Å². The van der Waals surface area contributed by atoms with E-state index in [4.69, 9.17) is 32.7 Å². The molecule has 1 rings (SSSR count). The van der Waals surface area contributed by atoms with Crippen LogP contribution in [0.25, 0.3) is 0 Å². The van der Waals surface area contributed by atoms with E-state index in [0.717, 1.165) is 6.42 Å². The highest BCUT2D eigenvalue weighted by molar-refractivity contribution is 6.28. The maximum absolute atomic E-state index is 5.86. The average molecular weight is 199 g/mol. The highest BCUT2D eigenvalue weighted by atomic mass is 35.5. The van der Waals surface area contributed by atoms with Crippen LogP contribution in [0.4, 0.5) is 0 Å². The summed E-state index contributed by atoms with van der Waals surface area (Å²) in [5.41, 5.74) is 0. The fraction of sp³-hybridized carbons (Fsp3) is 1.00. The fourth-order valence-corrected chi connectivity index (χ4v) is 1.31. The molecule has 66 valence electrons. The Labute approximate surface area is 76.8 Å². The SMILES string of the molecule is CC[C@H]1OC[C@H]([C@H](Cl)CCl)O1. The molecule has 1 saturated heterocycles. The number of alkyl halides is 2. The topological polar surface area (TPSA) is 18.5 Å². The van der Waals surface area contributed by atoms with Crippen molar-refractivity contribution in [3.63, 3.8) is 0 Å². The second-order valence-corrected chi connectivity index (χ2v) is 3.39. The Bertz CT molecular complexity index is 121. The van der Waals surface area contributed by atoms with Gasteiger partial charge in [0.05, 0.1) is 12.0 Å². The summed E-state index contributed by atoms with van der Waals surface area (Å²) in [6.07, 6.45) is 0.756. The number of hydrogen-bond donors (Lipinski definition) is 0. The quantitative estimate of drug-likeness (QED) is 0.647. The maximum atomic E-state index is 5.86. The Morgan fingerprint density at radius 2 is 2.36 bits per heavy atom. The summed E-state index contributed by atoms with van der Waals surface area (Å²) in [7, 11) is 0. The fourth-order valence-electron chi connectivity index (χ4n) is 0.979. The van der Waals surface area contributed by atoms with Crippen LogP contribution in [-0.2, 0) is 9.47 Å². The van der Waals surface area contributed by atoms with Crippen molar-refractivity contribution in [1.29, 1.82) is 0 Å². The molecule has 1 aliphatic rings. The Hall–Kier alpha value is 0.500.